The van der Waals surface area contributed by atoms with E-state index in [1.54, 1.807) is 7.05 Å². The van der Waals surface area contributed by atoms with Gasteiger partial charge in [-0.2, -0.15) is 10.4 Å². The lowest BCUT2D eigenvalue weighted by Crippen LogP contribution is -2.15. The molecule has 1 N–H and O–H groups in total. The molecule has 0 saturated carbocycles. The van der Waals surface area contributed by atoms with Gasteiger partial charge in [-0.3, -0.25) is 9.40 Å². The maximum absolute atomic E-state index is 12.4. The number of rotatable bonds is 3. The average molecular weight is 410 g/mol. The van der Waals surface area contributed by atoms with Gasteiger partial charge in [-0.25, -0.2) is 8.42 Å². The molecule has 0 atom stereocenters. The lowest BCUT2D eigenvalue weighted by atomic mass is 10.4. The van der Waals surface area contributed by atoms with E-state index in [0.717, 1.165) is 0 Å². The molecule has 0 radical (unpaired) electrons. The standard InChI is InChI=1S/C11H7BrCl2N4O2S/c1-18-5-6(4-15)11(16-18)17-21(19,20)10-8(13)2-7(12)3-9(10)14/h2-3,5H,1H3,(H,16,17). The van der Waals surface area contributed by atoms with Gasteiger partial charge in [0.25, 0.3) is 10.0 Å². The van der Waals surface area contributed by atoms with Crippen LogP contribution in [0.4, 0.5) is 5.82 Å². The van der Waals surface area contributed by atoms with Crippen molar-refractivity contribution in [2.75, 3.05) is 4.72 Å². The summed E-state index contributed by atoms with van der Waals surface area (Å²) in [6, 6.07) is 4.66. The molecule has 110 valence electrons. The normalized spacial score (nSPS) is 11.2. The molecule has 1 aromatic heterocycles. The molecule has 2 rings (SSSR count). The molecule has 0 aliphatic rings. The fourth-order valence-corrected chi connectivity index (χ4v) is 4.57. The number of nitriles is 1. The fraction of sp³-hybridized carbons (Fsp3) is 0.0909. The Hall–Kier alpha value is -1.27. The van der Waals surface area contributed by atoms with Crippen LogP contribution in [-0.4, -0.2) is 18.2 Å². The molecule has 6 nitrogen and oxygen atoms in total. The van der Waals surface area contributed by atoms with E-state index in [4.69, 9.17) is 28.5 Å². The third-order valence-corrected chi connectivity index (χ3v) is 5.13. The van der Waals surface area contributed by atoms with Crippen LogP contribution in [0.2, 0.25) is 10.0 Å². The first-order chi connectivity index (χ1) is 9.74. The Morgan fingerprint density at radius 2 is 1.95 bits per heavy atom. The van der Waals surface area contributed by atoms with Crippen molar-refractivity contribution < 1.29 is 8.42 Å². The number of nitrogens with zero attached hydrogens (tertiary/aromatic N) is 3. The molecule has 0 saturated heterocycles. The summed E-state index contributed by atoms with van der Waals surface area (Å²) in [5, 5.41) is 12.7. The highest BCUT2D eigenvalue weighted by molar-refractivity contribution is 9.10. The highest BCUT2D eigenvalue weighted by Gasteiger charge is 2.24. The number of benzene rings is 1. The minimum atomic E-state index is -4.07. The van der Waals surface area contributed by atoms with E-state index >= 15 is 0 Å². The zero-order chi connectivity index (χ0) is 15.8. The van der Waals surface area contributed by atoms with E-state index in [2.05, 4.69) is 25.8 Å². The molecule has 0 bridgehead atoms. The average Bonchev–Trinajstić information content (AvgIpc) is 2.66. The first-order valence-electron chi connectivity index (χ1n) is 5.35. The molecule has 0 aliphatic heterocycles. The topological polar surface area (TPSA) is 87.8 Å². The van der Waals surface area contributed by atoms with E-state index in [0.29, 0.717) is 4.47 Å². The van der Waals surface area contributed by atoms with Gasteiger partial charge in [0, 0.05) is 17.7 Å². The summed E-state index contributed by atoms with van der Waals surface area (Å²) in [5.41, 5.74) is 0.0884. The monoisotopic (exact) mass is 408 g/mol. The lowest BCUT2D eigenvalue weighted by Gasteiger charge is -2.10. The summed E-state index contributed by atoms with van der Waals surface area (Å²) >= 11 is 15.0. The van der Waals surface area contributed by atoms with Gasteiger partial charge < -0.3 is 0 Å². The summed E-state index contributed by atoms with van der Waals surface area (Å²) in [4.78, 5) is -0.274. The summed E-state index contributed by atoms with van der Waals surface area (Å²) in [7, 11) is -2.50. The Labute approximate surface area is 139 Å². The smallest absolute Gasteiger partial charge is 0.266 e. The third kappa shape index (κ3) is 3.32. The van der Waals surface area contributed by atoms with Gasteiger partial charge in [0.1, 0.15) is 16.5 Å². The molecule has 21 heavy (non-hydrogen) atoms. The zero-order valence-corrected chi connectivity index (χ0v) is 14.3. The van der Waals surface area contributed by atoms with Crippen LogP contribution in [0.1, 0.15) is 5.56 Å². The maximum atomic E-state index is 12.4. The van der Waals surface area contributed by atoms with Crippen LogP contribution in [0.5, 0.6) is 0 Å². The molecule has 10 heteroatoms. The van der Waals surface area contributed by atoms with Crippen LogP contribution in [-0.2, 0) is 17.1 Å². The van der Waals surface area contributed by atoms with Crippen LogP contribution < -0.4 is 4.72 Å². The van der Waals surface area contributed by atoms with Gasteiger partial charge >= 0.3 is 0 Å². The maximum Gasteiger partial charge on any atom is 0.266 e. The van der Waals surface area contributed by atoms with Crippen molar-refractivity contribution in [1.29, 1.82) is 5.26 Å². The Balaban J connectivity index is 2.51. The van der Waals surface area contributed by atoms with Gasteiger partial charge in [-0.05, 0) is 12.1 Å². The SMILES string of the molecule is Cn1cc(C#N)c(NS(=O)(=O)c2c(Cl)cc(Br)cc2Cl)n1. The van der Waals surface area contributed by atoms with E-state index in [-0.39, 0.29) is 26.3 Å². The van der Waals surface area contributed by atoms with Crippen LogP contribution in [0, 0.1) is 11.3 Å². The van der Waals surface area contributed by atoms with Crippen molar-refractivity contribution in [3.05, 3.63) is 38.4 Å². The summed E-state index contributed by atoms with van der Waals surface area (Å²) < 4.78 is 28.8. The minimum Gasteiger partial charge on any atom is -0.272 e. The Morgan fingerprint density at radius 3 is 2.48 bits per heavy atom. The second-order valence-corrected chi connectivity index (χ2v) is 7.33. The number of aryl methyl sites for hydroxylation is 1. The lowest BCUT2D eigenvalue weighted by molar-refractivity contribution is 0.601. The zero-order valence-electron chi connectivity index (χ0n) is 10.4. The Morgan fingerprint density at radius 1 is 1.38 bits per heavy atom. The molecule has 1 heterocycles. The van der Waals surface area contributed by atoms with Gasteiger partial charge in [-0.1, -0.05) is 39.1 Å². The minimum absolute atomic E-state index is 0.0451. The molecular weight excluding hydrogens is 403 g/mol. The quantitative estimate of drug-likeness (QED) is 0.843. The molecule has 1 aromatic carbocycles. The predicted molar refractivity (Wildman–Crippen MR) is 82.9 cm³/mol. The highest BCUT2D eigenvalue weighted by Crippen LogP contribution is 2.34. The number of sulfonamides is 1. The van der Waals surface area contributed by atoms with Crippen LogP contribution in [0.15, 0.2) is 27.7 Å². The van der Waals surface area contributed by atoms with Crippen LogP contribution >= 0.6 is 39.1 Å². The van der Waals surface area contributed by atoms with E-state index < -0.39 is 10.0 Å². The van der Waals surface area contributed by atoms with Crippen molar-refractivity contribution in [2.45, 2.75) is 4.90 Å². The van der Waals surface area contributed by atoms with Crippen molar-refractivity contribution in [3.63, 3.8) is 0 Å². The van der Waals surface area contributed by atoms with E-state index in [9.17, 15) is 8.42 Å². The predicted octanol–water partition coefficient (Wildman–Crippen LogP) is 3.16. The number of nitrogens with one attached hydrogen (secondary N) is 1. The van der Waals surface area contributed by atoms with Gasteiger partial charge in [0.15, 0.2) is 5.82 Å². The van der Waals surface area contributed by atoms with E-state index in [1.807, 2.05) is 6.07 Å². The second-order valence-electron chi connectivity index (χ2n) is 3.98. The molecule has 0 unspecified atom stereocenters. The number of halogens is 3. The molecule has 0 spiro atoms. The van der Waals surface area contributed by atoms with Gasteiger partial charge in [0.2, 0.25) is 0 Å². The van der Waals surface area contributed by atoms with Crippen molar-refractivity contribution in [1.82, 2.24) is 9.78 Å². The van der Waals surface area contributed by atoms with Crippen molar-refractivity contribution in [3.8, 4) is 6.07 Å². The Kier molecular flexibility index (Phi) is 4.49. The van der Waals surface area contributed by atoms with Crippen LogP contribution in [0.3, 0.4) is 0 Å². The van der Waals surface area contributed by atoms with Crippen molar-refractivity contribution >= 4 is 55.0 Å². The van der Waals surface area contributed by atoms with Crippen LogP contribution in [0.25, 0.3) is 0 Å². The summed E-state index contributed by atoms with van der Waals surface area (Å²) in [5.74, 6) is -0.0879. The van der Waals surface area contributed by atoms with E-state index in [1.165, 1.54) is 23.0 Å². The number of hydrogen-bond donors (Lipinski definition) is 1. The largest absolute Gasteiger partial charge is 0.272 e. The first-order valence-corrected chi connectivity index (χ1v) is 8.39. The molecule has 0 aliphatic carbocycles. The molecular formula is C11H7BrCl2N4O2S. The van der Waals surface area contributed by atoms with Crippen molar-refractivity contribution in [2.24, 2.45) is 7.05 Å². The molecule has 0 fully saturated rings. The molecule has 2 aromatic rings. The Bertz CT molecular complexity index is 835. The number of aromatic nitrogens is 2. The van der Waals surface area contributed by atoms with Gasteiger partial charge in [-0.15, -0.1) is 0 Å². The number of hydrogen-bond acceptors (Lipinski definition) is 4. The molecule has 0 amide bonds. The van der Waals surface area contributed by atoms with Gasteiger partial charge in [0.05, 0.1) is 10.0 Å². The summed E-state index contributed by atoms with van der Waals surface area (Å²) in [6.45, 7) is 0. The second kappa shape index (κ2) is 5.85. The third-order valence-electron chi connectivity index (χ3n) is 2.41. The summed E-state index contributed by atoms with van der Waals surface area (Å²) in [6.07, 6.45) is 1.39. The number of anilines is 1. The highest BCUT2D eigenvalue weighted by atomic mass is 79.9. The fourth-order valence-electron chi connectivity index (χ4n) is 1.61. The first kappa shape index (κ1) is 16.1.